The summed E-state index contributed by atoms with van der Waals surface area (Å²) in [5.74, 6) is 0.100. The number of aromatic amines is 1. The van der Waals surface area contributed by atoms with Crippen molar-refractivity contribution in [3.05, 3.63) is 32.6 Å². The van der Waals surface area contributed by atoms with Crippen molar-refractivity contribution < 1.29 is 9.84 Å². The van der Waals surface area contributed by atoms with Gasteiger partial charge >= 0.3 is 5.69 Å². The second-order valence-electron chi connectivity index (χ2n) is 6.23. The Balaban J connectivity index is 2.50. The average Bonchev–Trinajstić information content (AvgIpc) is 2.68. The highest BCUT2D eigenvalue weighted by atomic mass is 16.6. The van der Waals surface area contributed by atoms with Crippen LogP contribution >= 0.6 is 0 Å². The van der Waals surface area contributed by atoms with Crippen LogP contribution in [0.4, 0.5) is 0 Å². The monoisotopic (exact) mass is 296 g/mol. The van der Waals surface area contributed by atoms with Gasteiger partial charge in [0.15, 0.2) is 6.23 Å². The van der Waals surface area contributed by atoms with E-state index in [1.165, 1.54) is 10.8 Å². The first kappa shape index (κ1) is 16.0. The molecule has 0 unspecified atom stereocenters. The molecule has 0 saturated carbocycles. The Hall–Kier alpha value is -1.40. The molecule has 0 bridgehead atoms. The molecule has 2 heterocycles. The van der Waals surface area contributed by atoms with Gasteiger partial charge in [-0.05, 0) is 19.3 Å². The van der Waals surface area contributed by atoms with Crippen LogP contribution in [0.15, 0.2) is 15.8 Å². The number of aromatic nitrogens is 2. The predicted molar refractivity (Wildman–Crippen MR) is 79.2 cm³/mol. The number of aliphatic hydroxyl groups is 1. The molecule has 1 aliphatic rings. The summed E-state index contributed by atoms with van der Waals surface area (Å²) in [6.07, 6.45) is 0.630. The topological polar surface area (TPSA) is 84.3 Å². The van der Waals surface area contributed by atoms with Crippen molar-refractivity contribution >= 4 is 0 Å². The number of nitrogens with one attached hydrogen (secondary N) is 1. The van der Waals surface area contributed by atoms with E-state index in [9.17, 15) is 14.7 Å². The van der Waals surface area contributed by atoms with Crippen LogP contribution in [0.2, 0.25) is 0 Å². The summed E-state index contributed by atoms with van der Waals surface area (Å²) in [5, 5.41) is 10.5. The average molecular weight is 296 g/mol. The van der Waals surface area contributed by atoms with Crippen molar-refractivity contribution in [2.75, 3.05) is 0 Å². The molecule has 2 rings (SSSR count). The molecule has 0 spiro atoms. The van der Waals surface area contributed by atoms with Crippen LogP contribution < -0.4 is 11.2 Å². The van der Waals surface area contributed by atoms with Gasteiger partial charge in [0, 0.05) is 17.7 Å². The van der Waals surface area contributed by atoms with Crippen molar-refractivity contribution in [1.82, 2.24) is 9.55 Å². The summed E-state index contributed by atoms with van der Waals surface area (Å²) in [6, 6.07) is 0. The Kier molecular flexibility index (Phi) is 4.13. The summed E-state index contributed by atoms with van der Waals surface area (Å²) >= 11 is 0. The Morgan fingerprint density at radius 3 is 2.57 bits per heavy atom. The fourth-order valence-corrected chi connectivity index (χ4v) is 3.41. The summed E-state index contributed by atoms with van der Waals surface area (Å²) in [5.41, 5.74) is -1.04. The Bertz CT molecular complexity index is 633. The lowest BCUT2D eigenvalue weighted by molar-refractivity contribution is -0.119. The number of hydrogen-bond acceptors (Lipinski definition) is 4. The lowest BCUT2D eigenvalue weighted by atomic mass is 9.77. The maximum absolute atomic E-state index is 12.0. The summed E-state index contributed by atoms with van der Waals surface area (Å²) in [7, 11) is 0. The Morgan fingerprint density at radius 2 is 2.10 bits per heavy atom. The Labute approximate surface area is 123 Å². The second kappa shape index (κ2) is 5.42. The maximum Gasteiger partial charge on any atom is 0.330 e. The number of aliphatic hydroxyl groups excluding tert-OH is 1. The summed E-state index contributed by atoms with van der Waals surface area (Å²) < 4.78 is 7.43. The van der Waals surface area contributed by atoms with Crippen LogP contribution in [-0.2, 0) is 4.74 Å². The quantitative estimate of drug-likeness (QED) is 0.877. The molecule has 21 heavy (non-hydrogen) atoms. The Morgan fingerprint density at radius 1 is 1.48 bits per heavy atom. The summed E-state index contributed by atoms with van der Waals surface area (Å²) in [6.45, 7) is 9.69. The molecule has 6 heteroatoms. The number of hydrogen-bond donors (Lipinski definition) is 2. The normalized spacial score (nSPS) is 32.8. The van der Waals surface area contributed by atoms with Gasteiger partial charge in [-0.2, -0.15) is 0 Å². The van der Waals surface area contributed by atoms with E-state index in [1.807, 2.05) is 13.8 Å². The minimum Gasteiger partial charge on any atom is -0.388 e. The molecule has 0 radical (unpaired) electrons. The highest BCUT2D eigenvalue weighted by molar-refractivity contribution is 5.05. The lowest BCUT2D eigenvalue weighted by Gasteiger charge is -2.36. The van der Waals surface area contributed by atoms with Gasteiger partial charge in [0.2, 0.25) is 0 Å². The fraction of sp³-hybridized carbons (Fsp3) is 0.733. The molecule has 0 aliphatic carbocycles. The van der Waals surface area contributed by atoms with Crippen LogP contribution in [-0.4, -0.2) is 26.4 Å². The number of ether oxygens (including phenoxy) is 1. The molecule has 118 valence electrons. The third-order valence-electron chi connectivity index (χ3n) is 4.87. The molecule has 1 aliphatic heterocycles. The van der Waals surface area contributed by atoms with E-state index < -0.39 is 29.2 Å². The number of aryl methyl sites for hydroxylation is 1. The maximum atomic E-state index is 12.0. The van der Waals surface area contributed by atoms with Gasteiger partial charge in [0.25, 0.3) is 5.56 Å². The zero-order chi connectivity index (χ0) is 15.9. The van der Waals surface area contributed by atoms with E-state index in [2.05, 4.69) is 18.8 Å². The predicted octanol–water partition coefficient (Wildman–Crippen LogP) is 1.18. The van der Waals surface area contributed by atoms with Crippen molar-refractivity contribution in [3.63, 3.8) is 0 Å². The van der Waals surface area contributed by atoms with E-state index in [4.69, 9.17) is 4.74 Å². The van der Waals surface area contributed by atoms with Gasteiger partial charge < -0.3 is 9.84 Å². The highest BCUT2D eigenvalue weighted by Crippen LogP contribution is 2.47. The van der Waals surface area contributed by atoms with Crippen molar-refractivity contribution in [3.8, 4) is 0 Å². The van der Waals surface area contributed by atoms with Gasteiger partial charge in [-0.15, -0.1) is 0 Å². The summed E-state index contributed by atoms with van der Waals surface area (Å²) in [4.78, 5) is 25.7. The molecule has 1 fully saturated rings. The van der Waals surface area contributed by atoms with Crippen molar-refractivity contribution in [2.45, 2.75) is 59.0 Å². The first-order valence-corrected chi connectivity index (χ1v) is 7.42. The van der Waals surface area contributed by atoms with E-state index in [0.717, 1.165) is 6.42 Å². The minimum absolute atomic E-state index is 0.105. The first-order chi connectivity index (χ1) is 9.74. The molecule has 6 nitrogen and oxygen atoms in total. The zero-order valence-corrected chi connectivity index (χ0v) is 13.2. The van der Waals surface area contributed by atoms with E-state index >= 15 is 0 Å². The highest BCUT2D eigenvalue weighted by Gasteiger charge is 2.53. The SMILES string of the molecule is CC[C@]1(C(C)C)O[C@@H](n2cc(C)c(=O)[nH]c2=O)[C@@H](O)[C@@H]1C. The van der Waals surface area contributed by atoms with E-state index in [-0.39, 0.29) is 11.8 Å². The van der Waals surface area contributed by atoms with E-state index in [0.29, 0.717) is 5.56 Å². The van der Waals surface area contributed by atoms with Gasteiger partial charge in [-0.25, -0.2) is 4.79 Å². The third-order valence-corrected chi connectivity index (χ3v) is 4.87. The molecule has 0 aromatic carbocycles. The largest absolute Gasteiger partial charge is 0.388 e. The molecular formula is C15H24N2O4. The van der Waals surface area contributed by atoms with Crippen molar-refractivity contribution in [2.24, 2.45) is 11.8 Å². The number of nitrogens with zero attached hydrogens (tertiary/aromatic N) is 1. The van der Waals surface area contributed by atoms with Crippen LogP contribution in [0.25, 0.3) is 0 Å². The zero-order valence-electron chi connectivity index (χ0n) is 13.2. The van der Waals surface area contributed by atoms with Gasteiger partial charge in [-0.3, -0.25) is 14.3 Å². The standard InChI is InChI=1S/C15H24N2O4/c1-6-15(8(2)3)10(5)11(18)13(21-15)17-7-9(4)12(19)16-14(17)20/h7-8,10-11,13,18H,6H2,1-5H3,(H,16,19,20)/t10-,11-,13+,15+/m0/s1. The van der Waals surface area contributed by atoms with Crippen LogP contribution in [0.1, 0.15) is 45.9 Å². The molecule has 1 aromatic rings. The third kappa shape index (κ3) is 2.36. The molecule has 1 aromatic heterocycles. The minimum atomic E-state index is -0.796. The number of rotatable bonds is 3. The van der Waals surface area contributed by atoms with Crippen LogP contribution in [0, 0.1) is 18.8 Å². The van der Waals surface area contributed by atoms with E-state index in [1.54, 1.807) is 6.92 Å². The molecule has 0 amide bonds. The lowest BCUT2D eigenvalue weighted by Crippen LogP contribution is -2.41. The van der Waals surface area contributed by atoms with Gasteiger partial charge in [0.05, 0.1) is 5.60 Å². The fourth-order valence-electron chi connectivity index (χ4n) is 3.41. The van der Waals surface area contributed by atoms with Crippen molar-refractivity contribution in [1.29, 1.82) is 0 Å². The smallest absolute Gasteiger partial charge is 0.330 e. The van der Waals surface area contributed by atoms with Crippen LogP contribution in [0.3, 0.4) is 0 Å². The molecule has 4 atom stereocenters. The molecule has 2 N–H and O–H groups in total. The molecule has 1 saturated heterocycles. The van der Waals surface area contributed by atoms with Gasteiger partial charge in [0.1, 0.15) is 6.10 Å². The van der Waals surface area contributed by atoms with Crippen LogP contribution in [0.5, 0.6) is 0 Å². The van der Waals surface area contributed by atoms with Gasteiger partial charge in [-0.1, -0.05) is 27.7 Å². The number of H-pyrrole nitrogens is 1. The molecular weight excluding hydrogens is 272 g/mol. The second-order valence-corrected chi connectivity index (χ2v) is 6.23. The first-order valence-electron chi connectivity index (χ1n) is 7.42.